The zero-order chi connectivity index (χ0) is 25.8. The number of carbonyl (C=O) groups is 2. The highest BCUT2D eigenvalue weighted by molar-refractivity contribution is 6.14. The summed E-state index contributed by atoms with van der Waals surface area (Å²) in [6.07, 6.45) is 3.08. The molecule has 35 heavy (non-hydrogen) atoms. The predicted octanol–water partition coefficient (Wildman–Crippen LogP) is 3.78. The molecule has 10 nitrogen and oxygen atoms in total. The number of carboxylic acids is 1. The number of anilines is 1. The molecule has 0 radical (unpaired) electrons. The number of fused-ring (bicyclic) bond motifs is 1. The lowest BCUT2D eigenvalue weighted by Crippen LogP contribution is -2.40. The monoisotopic (exact) mass is 488 g/mol. The van der Waals surface area contributed by atoms with Gasteiger partial charge in [-0.1, -0.05) is 0 Å². The van der Waals surface area contributed by atoms with Crippen LogP contribution in [0.15, 0.2) is 30.6 Å². The molecular weight excluding hydrogens is 462 g/mol. The number of carboxylic acid groups (broad SMARTS) is 1. The van der Waals surface area contributed by atoms with Gasteiger partial charge in [0.1, 0.15) is 17.0 Å². The van der Waals surface area contributed by atoms with Gasteiger partial charge in [0.15, 0.2) is 5.65 Å². The number of amides is 1. The maximum absolute atomic E-state index is 12.8. The van der Waals surface area contributed by atoms with E-state index in [1.807, 2.05) is 20.8 Å². The zero-order valence-corrected chi connectivity index (χ0v) is 19.4. The van der Waals surface area contributed by atoms with Gasteiger partial charge in [-0.25, -0.2) is 9.97 Å². The maximum Gasteiger partial charge on any atom is 0.387 e. The topological polar surface area (TPSA) is 153 Å². The van der Waals surface area contributed by atoms with Crippen LogP contribution in [0.2, 0.25) is 0 Å². The van der Waals surface area contributed by atoms with E-state index in [0.717, 1.165) is 0 Å². The molecule has 2 heterocycles. The van der Waals surface area contributed by atoms with E-state index in [1.54, 1.807) is 0 Å². The number of carbonyl (C=O) groups excluding carboxylic acids is 1. The van der Waals surface area contributed by atoms with Crippen molar-refractivity contribution in [1.29, 1.82) is 5.41 Å². The Hall–Kier alpha value is -4.09. The lowest BCUT2D eigenvalue weighted by Gasteiger charge is -2.20. The Bertz CT molecular complexity index is 1250. The number of aromatic nitrogens is 3. The molecule has 1 amide bonds. The number of aromatic amines is 1. The molecule has 0 fully saturated rings. The standard InChI is InChI=1S/C23H26F2N6O4/c1-23(2,3)31-21(34)14-10-28-20-19(14)30-16(11-29-20)18(26)13-9-12(35-22(24)25)6-7-15(13)27-8-4-5-17(32)33/h6-7,9-11,22,26-27H,4-5,8H2,1-3H3,(H,28,29)(H,31,34)(H,32,33). The first-order chi connectivity index (χ1) is 16.4. The van der Waals surface area contributed by atoms with Gasteiger partial charge in [0.05, 0.1) is 17.5 Å². The summed E-state index contributed by atoms with van der Waals surface area (Å²) in [5, 5.41) is 23.4. The molecule has 0 aliphatic heterocycles. The van der Waals surface area contributed by atoms with Gasteiger partial charge in [0.25, 0.3) is 5.91 Å². The third-order valence-electron chi connectivity index (χ3n) is 4.74. The number of halogens is 2. The van der Waals surface area contributed by atoms with Gasteiger partial charge < -0.3 is 25.5 Å². The zero-order valence-electron chi connectivity index (χ0n) is 19.4. The highest BCUT2D eigenvalue weighted by Gasteiger charge is 2.21. The second kappa shape index (κ2) is 10.5. The summed E-state index contributed by atoms with van der Waals surface area (Å²) in [5.74, 6) is -1.46. The Morgan fingerprint density at radius 3 is 2.66 bits per heavy atom. The number of H-pyrrole nitrogens is 1. The van der Waals surface area contributed by atoms with Crippen molar-refractivity contribution < 1.29 is 28.2 Å². The minimum absolute atomic E-state index is 0.0542. The van der Waals surface area contributed by atoms with Crippen LogP contribution in [0, 0.1) is 5.41 Å². The molecule has 0 aliphatic carbocycles. The molecule has 0 spiro atoms. The van der Waals surface area contributed by atoms with Crippen molar-refractivity contribution in [2.24, 2.45) is 0 Å². The molecule has 1 aromatic carbocycles. The van der Waals surface area contributed by atoms with Crippen LogP contribution < -0.4 is 15.4 Å². The van der Waals surface area contributed by atoms with Gasteiger partial charge in [0.2, 0.25) is 0 Å². The molecule has 0 atom stereocenters. The predicted molar refractivity (Wildman–Crippen MR) is 125 cm³/mol. The number of rotatable bonds is 10. The van der Waals surface area contributed by atoms with Crippen LogP contribution in [-0.4, -0.2) is 56.3 Å². The Morgan fingerprint density at radius 1 is 1.26 bits per heavy atom. The molecule has 0 saturated heterocycles. The average molecular weight is 488 g/mol. The fourth-order valence-corrected chi connectivity index (χ4v) is 3.25. The summed E-state index contributed by atoms with van der Waals surface area (Å²) in [6.45, 7) is 2.75. The highest BCUT2D eigenvalue weighted by Crippen LogP contribution is 2.26. The van der Waals surface area contributed by atoms with Gasteiger partial charge in [0, 0.05) is 36.0 Å². The van der Waals surface area contributed by atoms with Crippen molar-refractivity contribution in [2.45, 2.75) is 45.8 Å². The van der Waals surface area contributed by atoms with Gasteiger partial charge >= 0.3 is 12.6 Å². The lowest BCUT2D eigenvalue weighted by molar-refractivity contribution is -0.137. The fourth-order valence-electron chi connectivity index (χ4n) is 3.25. The van der Waals surface area contributed by atoms with Crippen molar-refractivity contribution in [3.63, 3.8) is 0 Å². The van der Waals surface area contributed by atoms with Crippen LogP contribution in [0.25, 0.3) is 11.2 Å². The molecule has 0 unspecified atom stereocenters. The number of alkyl halides is 2. The largest absolute Gasteiger partial charge is 0.481 e. The van der Waals surface area contributed by atoms with E-state index in [0.29, 0.717) is 17.8 Å². The van der Waals surface area contributed by atoms with E-state index in [4.69, 9.17) is 10.5 Å². The van der Waals surface area contributed by atoms with Crippen LogP contribution in [-0.2, 0) is 4.79 Å². The molecular formula is C23H26F2N6O4. The first-order valence-electron chi connectivity index (χ1n) is 10.7. The Labute approximate surface area is 199 Å². The molecule has 3 aromatic rings. The molecule has 0 aliphatic rings. The van der Waals surface area contributed by atoms with Crippen molar-refractivity contribution in [3.05, 3.63) is 47.4 Å². The molecule has 186 valence electrons. The van der Waals surface area contributed by atoms with Gasteiger partial charge in [-0.05, 0) is 45.4 Å². The smallest absolute Gasteiger partial charge is 0.387 e. The number of benzene rings is 1. The Kier molecular flexibility index (Phi) is 7.62. The SMILES string of the molecule is CC(C)(C)NC(=O)c1c[nH]c2ncc(C(=N)c3cc(OC(F)F)ccc3NCCCC(=O)O)nc12. The fraction of sp³-hybridized carbons (Fsp3) is 0.348. The van der Waals surface area contributed by atoms with Crippen molar-refractivity contribution in [2.75, 3.05) is 11.9 Å². The highest BCUT2D eigenvalue weighted by atomic mass is 19.3. The normalized spacial score (nSPS) is 11.5. The molecule has 2 aromatic heterocycles. The summed E-state index contributed by atoms with van der Waals surface area (Å²) in [6, 6.07) is 4.05. The third-order valence-corrected chi connectivity index (χ3v) is 4.74. The van der Waals surface area contributed by atoms with E-state index in [1.165, 1.54) is 30.6 Å². The molecule has 0 bridgehead atoms. The van der Waals surface area contributed by atoms with Crippen LogP contribution >= 0.6 is 0 Å². The minimum atomic E-state index is -3.05. The third kappa shape index (κ3) is 6.71. The lowest BCUT2D eigenvalue weighted by atomic mass is 10.0. The van der Waals surface area contributed by atoms with E-state index in [2.05, 4.69) is 30.3 Å². The average Bonchev–Trinajstić information content (AvgIpc) is 3.18. The van der Waals surface area contributed by atoms with Crippen molar-refractivity contribution in [3.8, 4) is 5.75 Å². The van der Waals surface area contributed by atoms with Gasteiger partial charge in [-0.15, -0.1) is 0 Å². The van der Waals surface area contributed by atoms with Crippen molar-refractivity contribution >= 4 is 34.4 Å². The second-order valence-electron chi connectivity index (χ2n) is 8.74. The molecule has 3 rings (SSSR count). The number of hydrogen-bond donors (Lipinski definition) is 5. The van der Waals surface area contributed by atoms with Gasteiger partial charge in [-0.3, -0.25) is 15.0 Å². The van der Waals surface area contributed by atoms with Crippen LogP contribution in [0.5, 0.6) is 5.75 Å². The molecule has 0 saturated carbocycles. The maximum atomic E-state index is 12.8. The minimum Gasteiger partial charge on any atom is -0.481 e. The number of nitrogens with zero attached hydrogens (tertiary/aromatic N) is 2. The van der Waals surface area contributed by atoms with E-state index < -0.39 is 18.1 Å². The van der Waals surface area contributed by atoms with E-state index in [9.17, 15) is 18.4 Å². The summed E-state index contributed by atoms with van der Waals surface area (Å²) in [5.41, 5.74) is 0.927. The van der Waals surface area contributed by atoms with Crippen molar-refractivity contribution in [1.82, 2.24) is 20.3 Å². The summed E-state index contributed by atoms with van der Waals surface area (Å²) < 4.78 is 30.0. The van der Waals surface area contributed by atoms with E-state index >= 15 is 0 Å². The summed E-state index contributed by atoms with van der Waals surface area (Å²) in [4.78, 5) is 35.0. The quantitative estimate of drug-likeness (QED) is 0.215. The number of hydrogen-bond acceptors (Lipinski definition) is 7. The first-order valence-corrected chi connectivity index (χ1v) is 10.7. The van der Waals surface area contributed by atoms with E-state index in [-0.39, 0.29) is 52.7 Å². The van der Waals surface area contributed by atoms with Gasteiger partial charge in [-0.2, -0.15) is 8.78 Å². The summed E-state index contributed by atoms with van der Waals surface area (Å²) >= 11 is 0. The van der Waals surface area contributed by atoms with Crippen LogP contribution in [0.3, 0.4) is 0 Å². The second-order valence-corrected chi connectivity index (χ2v) is 8.74. The number of aliphatic carboxylic acids is 1. The molecule has 12 heteroatoms. The first kappa shape index (κ1) is 25.5. The molecule has 5 N–H and O–H groups in total. The van der Waals surface area contributed by atoms with Crippen LogP contribution in [0.1, 0.15) is 55.2 Å². The Morgan fingerprint density at radius 2 is 2.00 bits per heavy atom. The number of ether oxygens (including phenoxy) is 1. The Balaban J connectivity index is 1.96. The summed E-state index contributed by atoms with van der Waals surface area (Å²) in [7, 11) is 0. The van der Waals surface area contributed by atoms with Crippen LogP contribution in [0.4, 0.5) is 14.5 Å². The number of nitrogens with one attached hydrogen (secondary N) is 4.